The van der Waals surface area contributed by atoms with Crippen LogP contribution in [0.5, 0.6) is 23.0 Å². The molecule has 0 radical (unpaired) electrons. The van der Waals surface area contributed by atoms with Crippen molar-refractivity contribution in [2.45, 2.75) is 0 Å². The number of hydrogen-bond donors (Lipinski definition) is 0. The van der Waals surface area contributed by atoms with Gasteiger partial charge in [-0.2, -0.15) is 0 Å². The number of ether oxygens (including phenoxy) is 2. The summed E-state index contributed by atoms with van der Waals surface area (Å²) in [5.74, 6) is 3.58. The largest absolute Gasteiger partial charge is 0.456 e. The van der Waals surface area contributed by atoms with E-state index in [1.807, 2.05) is 12.1 Å². The maximum atomic E-state index is 6.61. The molecule has 11 aromatic carbocycles. The van der Waals surface area contributed by atoms with Crippen LogP contribution in [0.3, 0.4) is 0 Å². The minimum absolute atomic E-state index is 0.895. The van der Waals surface area contributed by atoms with Gasteiger partial charge < -0.3 is 9.47 Å². The van der Waals surface area contributed by atoms with E-state index in [9.17, 15) is 0 Å². The molecule has 0 aromatic heterocycles. The number of para-hydroxylation sites is 2. The molecule has 0 saturated heterocycles. The van der Waals surface area contributed by atoms with Crippen LogP contribution in [-0.2, 0) is 0 Å². The third-order valence-corrected chi connectivity index (χ3v) is 12.2. The molecular weight excluding hydrogens is 681 g/mol. The molecule has 0 atom stereocenters. The van der Waals surface area contributed by atoms with Crippen molar-refractivity contribution in [1.82, 2.24) is 0 Å². The summed E-state index contributed by atoms with van der Waals surface area (Å²) in [4.78, 5) is 0. The quantitative estimate of drug-likeness (QED) is 0.131. The molecule has 2 heterocycles. The Kier molecular flexibility index (Phi) is 5.92. The number of benzene rings is 11. The molecule has 2 heteroatoms. The van der Waals surface area contributed by atoms with Gasteiger partial charge in [0.2, 0.25) is 0 Å². The average molecular weight is 711 g/mol. The molecule has 2 aliphatic rings. The summed E-state index contributed by atoms with van der Waals surface area (Å²) in [7, 11) is 0. The Morgan fingerprint density at radius 1 is 0.214 bits per heavy atom. The molecule has 0 aliphatic carbocycles. The fourth-order valence-corrected chi connectivity index (χ4v) is 9.92. The van der Waals surface area contributed by atoms with Crippen molar-refractivity contribution in [3.63, 3.8) is 0 Å². The molecule has 0 amide bonds. The molecule has 56 heavy (non-hydrogen) atoms. The molecule has 0 saturated carbocycles. The van der Waals surface area contributed by atoms with E-state index in [0.717, 1.165) is 44.9 Å². The van der Waals surface area contributed by atoms with Gasteiger partial charge in [-0.1, -0.05) is 146 Å². The lowest BCUT2D eigenvalue weighted by Crippen LogP contribution is -1.99. The van der Waals surface area contributed by atoms with Crippen LogP contribution < -0.4 is 9.47 Å². The van der Waals surface area contributed by atoms with Crippen molar-refractivity contribution in [3.8, 4) is 67.5 Å². The van der Waals surface area contributed by atoms with Crippen LogP contribution in [0.4, 0.5) is 0 Å². The van der Waals surface area contributed by atoms with Crippen molar-refractivity contribution < 1.29 is 9.47 Å². The highest BCUT2D eigenvalue weighted by atomic mass is 16.5. The second kappa shape index (κ2) is 11.1. The maximum absolute atomic E-state index is 6.61. The van der Waals surface area contributed by atoms with Gasteiger partial charge in [0.05, 0.1) is 0 Å². The second-order valence-corrected chi connectivity index (χ2v) is 15.0. The molecule has 13 rings (SSSR count). The van der Waals surface area contributed by atoms with Crippen LogP contribution in [-0.4, -0.2) is 0 Å². The normalized spacial score (nSPS) is 12.6. The summed E-state index contributed by atoms with van der Waals surface area (Å²) < 4.78 is 13.2. The topological polar surface area (TPSA) is 18.5 Å². The van der Waals surface area contributed by atoms with E-state index in [4.69, 9.17) is 9.47 Å². The molecule has 11 aromatic rings. The van der Waals surface area contributed by atoms with Crippen LogP contribution in [0.1, 0.15) is 0 Å². The zero-order valence-electron chi connectivity index (χ0n) is 30.1. The lowest BCUT2D eigenvalue weighted by molar-refractivity contribution is 0.487. The summed E-state index contributed by atoms with van der Waals surface area (Å²) in [6.07, 6.45) is 0. The van der Waals surface area contributed by atoms with Crippen LogP contribution >= 0.6 is 0 Å². The number of rotatable bonds is 2. The first-order valence-electron chi connectivity index (χ1n) is 19.3. The zero-order valence-corrected chi connectivity index (χ0v) is 30.1. The van der Waals surface area contributed by atoms with Gasteiger partial charge in [0.15, 0.2) is 0 Å². The number of hydrogen-bond acceptors (Lipinski definition) is 2. The SMILES string of the molecule is c1ccc2c(c1)Oc1ccc(-c3c4ccc5ccccc5c4c(-c4ccc5c6c(cccc46)-c4ccccc4O5)c4ccc5ccccc5c34)c3cccc-2c13. The first kappa shape index (κ1) is 30.0. The van der Waals surface area contributed by atoms with Crippen molar-refractivity contribution in [1.29, 1.82) is 0 Å². The highest BCUT2D eigenvalue weighted by molar-refractivity contribution is 6.35. The first-order valence-corrected chi connectivity index (χ1v) is 19.3. The predicted molar refractivity (Wildman–Crippen MR) is 233 cm³/mol. The van der Waals surface area contributed by atoms with Crippen molar-refractivity contribution in [2.24, 2.45) is 0 Å². The Morgan fingerprint density at radius 2 is 0.625 bits per heavy atom. The predicted octanol–water partition coefficient (Wildman–Crippen LogP) is 15.5. The highest BCUT2D eigenvalue weighted by Crippen LogP contribution is 2.55. The Bertz CT molecular complexity index is 3300. The minimum atomic E-state index is 0.895. The van der Waals surface area contributed by atoms with Gasteiger partial charge in [-0.25, -0.2) is 0 Å². The summed E-state index contributed by atoms with van der Waals surface area (Å²) >= 11 is 0. The number of fused-ring (bicyclic) bond motifs is 10. The van der Waals surface area contributed by atoms with E-state index < -0.39 is 0 Å². The fourth-order valence-electron chi connectivity index (χ4n) is 9.92. The molecule has 258 valence electrons. The summed E-state index contributed by atoms with van der Waals surface area (Å²) in [6.45, 7) is 0. The lowest BCUT2D eigenvalue weighted by Gasteiger charge is -2.26. The zero-order chi connectivity index (χ0) is 36.5. The molecule has 0 unspecified atom stereocenters. The van der Waals surface area contributed by atoms with Crippen LogP contribution in [0.15, 0.2) is 182 Å². The van der Waals surface area contributed by atoms with E-state index in [1.165, 1.54) is 87.2 Å². The summed E-state index contributed by atoms with van der Waals surface area (Å²) in [5, 5.41) is 14.5. The van der Waals surface area contributed by atoms with Gasteiger partial charge in [-0.3, -0.25) is 0 Å². The minimum Gasteiger partial charge on any atom is -0.456 e. The van der Waals surface area contributed by atoms with Crippen molar-refractivity contribution in [2.75, 3.05) is 0 Å². The Hall–Kier alpha value is -7.42. The highest BCUT2D eigenvalue weighted by Gasteiger charge is 2.27. The van der Waals surface area contributed by atoms with Crippen LogP contribution in [0, 0.1) is 0 Å². The van der Waals surface area contributed by atoms with Gasteiger partial charge in [0.1, 0.15) is 23.0 Å². The van der Waals surface area contributed by atoms with Crippen molar-refractivity contribution >= 4 is 64.6 Å². The third kappa shape index (κ3) is 3.95. The average Bonchev–Trinajstić information content (AvgIpc) is 3.26. The van der Waals surface area contributed by atoms with Gasteiger partial charge >= 0.3 is 0 Å². The summed E-state index contributed by atoms with van der Waals surface area (Å²) in [5.41, 5.74) is 9.53. The first-order chi connectivity index (χ1) is 27.8. The van der Waals surface area contributed by atoms with Crippen molar-refractivity contribution in [3.05, 3.63) is 182 Å². The lowest BCUT2D eigenvalue weighted by atomic mass is 9.80. The van der Waals surface area contributed by atoms with E-state index in [2.05, 4.69) is 170 Å². The molecule has 0 fully saturated rings. The molecule has 2 nitrogen and oxygen atoms in total. The Balaban J connectivity index is 1.24. The monoisotopic (exact) mass is 710 g/mol. The summed E-state index contributed by atoms with van der Waals surface area (Å²) in [6, 6.07) is 66.2. The van der Waals surface area contributed by atoms with E-state index in [-0.39, 0.29) is 0 Å². The van der Waals surface area contributed by atoms with E-state index in [1.54, 1.807) is 0 Å². The van der Waals surface area contributed by atoms with Crippen LogP contribution in [0.2, 0.25) is 0 Å². The smallest absolute Gasteiger partial charge is 0.135 e. The molecular formula is C54H30O2. The van der Waals surface area contributed by atoms with Gasteiger partial charge in [-0.15, -0.1) is 0 Å². The van der Waals surface area contributed by atoms with Gasteiger partial charge in [0, 0.05) is 21.9 Å². The molecule has 0 spiro atoms. The van der Waals surface area contributed by atoms with E-state index >= 15 is 0 Å². The third-order valence-electron chi connectivity index (χ3n) is 12.2. The second-order valence-electron chi connectivity index (χ2n) is 15.0. The molecule has 2 aliphatic heterocycles. The van der Waals surface area contributed by atoms with Crippen LogP contribution in [0.25, 0.3) is 109 Å². The van der Waals surface area contributed by atoms with Gasteiger partial charge in [0.25, 0.3) is 0 Å². The molecule has 0 N–H and O–H groups in total. The fraction of sp³-hybridized carbons (Fsp3) is 0. The Labute approximate surface area is 322 Å². The van der Waals surface area contributed by atoms with E-state index in [0.29, 0.717) is 0 Å². The standard InChI is InChI=1S/C54H30O2/c1-3-13-33-31(11-1)23-25-43-51(33)53(41-27-29-47-49-37(17-9-19-39(41)49)35-15-5-7-21-45(35)55-47)44-26-24-32-12-2-4-14-34(32)52(44)54(43)42-28-30-48-50-38(18-10-20-40(42)50)36-16-6-8-22-46(36)56-48/h1-30H. The Morgan fingerprint density at radius 3 is 1.12 bits per heavy atom. The molecule has 0 bridgehead atoms. The maximum Gasteiger partial charge on any atom is 0.135 e. The van der Waals surface area contributed by atoms with Gasteiger partial charge in [-0.05, 0) is 124 Å².